The number of nitrogens with zero attached hydrogens (tertiary/aromatic N) is 5. The Hall–Kier alpha value is -2.74. The molecule has 0 amide bonds. The summed E-state index contributed by atoms with van der Waals surface area (Å²) >= 11 is 0. The number of benzene rings is 1. The summed E-state index contributed by atoms with van der Waals surface area (Å²) in [4.78, 5) is 18.2. The molecule has 172 valence electrons. The molecule has 1 saturated heterocycles. The molecule has 2 N–H and O–H groups in total. The second-order valence-electron chi connectivity index (χ2n) is 8.61. The number of rotatable bonds is 9. The number of aliphatic imine (C=N–C) groups is 1. The minimum absolute atomic E-state index is 0.114. The molecular formula is C24H34FN7. The highest BCUT2D eigenvalue weighted by Gasteiger charge is 2.45. The van der Waals surface area contributed by atoms with Gasteiger partial charge in [0.15, 0.2) is 5.96 Å². The molecule has 0 spiro atoms. The van der Waals surface area contributed by atoms with E-state index in [1.807, 2.05) is 18.2 Å². The second kappa shape index (κ2) is 10.7. The molecule has 0 radical (unpaired) electrons. The number of guanidine groups is 1. The van der Waals surface area contributed by atoms with Gasteiger partial charge in [0.25, 0.3) is 0 Å². The van der Waals surface area contributed by atoms with Crippen LogP contribution in [0.15, 0.2) is 47.7 Å². The molecular weight excluding hydrogens is 405 g/mol. The maximum Gasteiger partial charge on any atom is 0.225 e. The first-order valence-electron chi connectivity index (χ1n) is 11.7. The maximum atomic E-state index is 14.2. The first-order valence-corrected chi connectivity index (χ1v) is 11.7. The third kappa shape index (κ3) is 5.73. The SMILES string of the molecule is CCNC(=NCC1(c2ccccc2F)CC1)NCCCN1CCN(c2ncccn2)CC1. The Labute approximate surface area is 190 Å². The van der Waals surface area contributed by atoms with Crippen molar-refractivity contribution in [2.75, 3.05) is 57.3 Å². The van der Waals surface area contributed by atoms with Gasteiger partial charge in [-0.05, 0) is 50.4 Å². The number of aromatic nitrogens is 2. The van der Waals surface area contributed by atoms with Gasteiger partial charge < -0.3 is 15.5 Å². The average molecular weight is 440 g/mol. The highest BCUT2D eigenvalue weighted by molar-refractivity contribution is 5.79. The molecule has 4 rings (SSSR count). The second-order valence-corrected chi connectivity index (χ2v) is 8.61. The molecule has 2 aromatic rings. The third-order valence-electron chi connectivity index (χ3n) is 6.33. The summed E-state index contributed by atoms with van der Waals surface area (Å²) in [6.07, 6.45) is 6.63. The Morgan fingerprint density at radius 1 is 1.06 bits per heavy atom. The van der Waals surface area contributed by atoms with Crippen LogP contribution in [0.5, 0.6) is 0 Å². The zero-order valence-corrected chi connectivity index (χ0v) is 18.9. The third-order valence-corrected chi connectivity index (χ3v) is 6.33. The largest absolute Gasteiger partial charge is 0.357 e. The Balaban J connectivity index is 1.20. The van der Waals surface area contributed by atoms with Crippen molar-refractivity contribution in [3.8, 4) is 0 Å². The van der Waals surface area contributed by atoms with Crippen LogP contribution < -0.4 is 15.5 Å². The van der Waals surface area contributed by atoms with Gasteiger partial charge in [-0.1, -0.05) is 18.2 Å². The molecule has 1 aliphatic carbocycles. The van der Waals surface area contributed by atoms with E-state index in [1.54, 1.807) is 24.5 Å². The molecule has 2 aliphatic rings. The normalized spacial score (nSPS) is 18.4. The molecule has 7 nitrogen and oxygen atoms in total. The van der Waals surface area contributed by atoms with Crippen molar-refractivity contribution < 1.29 is 4.39 Å². The van der Waals surface area contributed by atoms with Crippen LogP contribution in [0.4, 0.5) is 10.3 Å². The molecule has 2 fully saturated rings. The number of anilines is 1. The van der Waals surface area contributed by atoms with Gasteiger partial charge in [-0.2, -0.15) is 0 Å². The number of hydrogen-bond donors (Lipinski definition) is 2. The van der Waals surface area contributed by atoms with Gasteiger partial charge in [-0.25, -0.2) is 14.4 Å². The van der Waals surface area contributed by atoms with E-state index in [0.717, 1.165) is 82.5 Å². The lowest BCUT2D eigenvalue weighted by Crippen LogP contribution is -2.47. The molecule has 1 aromatic carbocycles. The van der Waals surface area contributed by atoms with Crippen LogP contribution in [-0.4, -0.2) is 73.2 Å². The van der Waals surface area contributed by atoms with Crippen LogP contribution in [0.25, 0.3) is 0 Å². The summed E-state index contributed by atoms with van der Waals surface area (Å²) in [5.41, 5.74) is 0.676. The van der Waals surface area contributed by atoms with Crippen LogP contribution >= 0.6 is 0 Å². The monoisotopic (exact) mass is 439 g/mol. The first kappa shape index (κ1) is 22.5. The van der Waals surface area contributed by atoms with Gasteiger partial charge >= 0.3 is 0 Å². The highest BCUT2D eigenvalue weighted by atomic mass is 19.1. The quantitative estimate of drug-likeness (QED) is 0.355. The standard InChI is InChI=1S/C24H34FN7/c1-2-26-22(30-19-24(9-10-24)20-7-3-4-8-21(20)25)27-13-6-14-31-15-17-32(18-16-31)23-28-11-5-12-29-23/h3-5,7-8,11-12H,2,6,9-10,13-19H2,1H3,(H2,26,27,30). The van der Waals surface area contributed by atoms with Gasteiger partial charge in [0.05, 0.1) is 6.54 Å². The minimum Gasteiger partial charge on any atom is -0.357 e. The molecule has 8 heteroatoms. The van der Waals surface area contributed by atoms with Crippen molar-refractivity contribution >= 4 is 11.9 Å². The number of halogens is 1. The van der Waals surface area contributed by atoms with Gasteiger partial charge in [-0.15, -0.1) is 0 Å². The Morgan fingerprint density at radius 2 is 1.81 bits per heavy atom. The summed E-state index contributed by atoms with van der Waals surface area (Å²) in [6, 6.07) is 8.97. The van der Waals surface area contributed by atoms with Crippen LogP contribution in [-0.2, 0) is 5.41 Å². The molecule has 0 atom stereocenters. The van der Waals surface area contributed by atoms with E-state index >= 15 is 0 Å². The summed E-state index contributed by atoms with van der Waals surface area (Å²) < 4.78 is 14.2. The zero-order valence-electron chi connectivity index (χ0n) is 18.9. The summed E-state index contributed by atoms with van der Waals surface area (Å²) in [5.74, 6) is 1.53. The van der Waals surface area contributed by atoms with E-state index in [-0.39, 0.29) is 11.2 Å². The van der Waals surface area contributed by atoms with Crippen LogP contribution in [0, 0.1) is 5.82 Å². The van der Waals surface area contributed by atoms with E-state index < -0.39 is 0 Å². The van der Waals surface area contributed by atoms with Crippen molar-refractivity contribution in [3.63, 3.8) is 0 Å². The van der Waals surface area contributed by atoms with Gasteiger partial charge in [0, 0.05) is 57.1 Å². The predicted octanol–water partition coefficient (Wildman–Crippen LogP) is 2.41. The minimum atomic E-state index is -0.129. The topological polar surface area (TPSA) is 68.7 Å². The first-order chi connectivity index (χ1) is 15.7. The molecule has 0 bridgehead atoms. The number of hydrogen-bond acceptors (Lipinski definition) is 5. The van der Waals surface area contributed by atoms with Crippen molar-refractivity contribution in [1.29, 1.82) is 0 Å². The molecule has 1 aliphatic heterocycles. The van der Waals surface area contributed by atoms with Crippen molar-refractivity contribution in [1.82, 2.24) is 25.5 Å². The van der Waals surface area contributed by atoms with E-state index in [0.29, 0.717) is 6.54 Å². The lowest BCUT2D eigenvalue weighted by atomic mass is 9.95. The fourth-order valence-electron chi connectivity index (χ4n) is 4.26. The lowest BCUT2D eigenvalue weighted by Gasteiger charge is -2.34. The summed E-state index contributed by atoms with van der Waals surface area (Å²) in [5, 5.41) is 6.77. The van der Waals surface area contributed by atoms with E-state index in [2.05, 4.69) is 37.3 Å². The van der Waals surface area contributed by atoms with Gasteiger partial charge in [0.2, 0.25) is 5.95 Å². The fourth-order valence-corrected chi connectivity index (χ4v) is 4.26. The molecule has 32 heavy (non-hydrogen) atoms. The Morgan fingerprint density at radius 3 is 2.50 bits per heavy atom. The molecule has 0 unspecified atom stereocenters. The van der Waals surface area contributed by atoms with Gasteiger partial charge in [0.1, 0.15) is 5.82 Å². The molecule has 2 heterocycles. The average Bonchev–Trinajstić information content (AvgIpc) is 3.62. The van der Waals surface area contributed by atoms with Crippen LogP contribution in [0.3, 0.4) is 0 Å². The van der Waals surface area contributed by atoms with E-state index in [9.17, 15) is 4.39 Å². The smallest absolute Gasteiger partial charge is 0.225 e. The fraction of sp³-hybridized carbons (Fsp3) is 0.542. The Kier molecular flexibility index (Phi) is 7.52. The highest BCUT2D eigenvalue weighted by Crippen LogP contribution is 2.49. The molecule has 1 saturated carbocycles. The lowest BCUT2D eigenvalue weighted by molar-refractivity contribution is 0.254. The Bertz CT molecular complexity index is 877. The van der Waals surface area contributed by atoms with Crippen LogP contribution in [0.1, 0.15) is 31.7 Å². The van der Waals surface area contributed by atoms with Crippen molar-refractivity contribution in [2.45, 2.75) is 31.6 Å². The van der Waals surface area contributed by atoms with Crippen molar-refractivity contribution in [3.05, 3.63) is 54.1 Å². The predicted molar refractivity (Wildman–Crippen MR) is 127 cm³/mol. The van der Waals surface area contributed by atoms with E-state index in [4.69, 9.17) is 4.99 Å². The maximum absolute atomic E-state index is 14.2. The number of piperazine rings is 1. The summed E-state index contributed by atoms with van der Waals surface area (Å²) in [6.45, 7) is 9.37. The zero-order chi connectivity index (χ0) is 22.2. The van der Waals surface area contributed by atoms with E-state index in [1.165, 1.54) is 0 Å². The molecule has 1 aromatic heterocycles. The van der Waals surface area contributed by atoms with Crippen LogP contribution in [0.2, 0.25) is 0 Å². The number of nitrogens with one attached hydrogen (secondary N) is 2. The van der Waals surface area contributed by atoms with Crippen molar-refractivity contribution in [2.24, 2.45) is 4.99 Å². The van der Waals surface area contributed by atoms with Gasteiger partial charge in [-0.3, -0.25) is 9.89 Å². The summed E-state index contributed by atoms with van der Waals surface area (Å²) in [7, 11) is 0.